The van der Waals surface area contributed by atoms with E-state index < -0.39 is 47.1 Å². The summed E-state index contributed by atoms with van der Waals surface area (Å²) >= 11 is 0. The molecule has 1 aromatic rings. The molecule has 0 heterocycles. The molecule has 0 aliphatic carbocycles. The van der Waals surface area contributed by atoms with E-state index in [1.54, 1.807) is 25.7 Å². The van der Waals surface area contributed by atoms with Crippen molar-refractivity contribution in [3.63, 3.8) is 0 Å². The number of amides is 3. The number of benzene rings is 1. The maximum Gasteiger partial charge on any atom is 0.408 e. The molecule has 2 N–H and O–H groups in total. The van der Waals surface area contributed by atoms with Crippen molar-refractivity contribution >= 4 is 23.9 Å². The summed E-state index contributed by atoms with van der Waals surface area (Å²) in [4.78, 5) is 54.2. The van der Waals surface area contributed by atoms with Crippen LogP contribution >= 0.6 is 0 Å². The van der Waals surface area contributed by atoms with Gasteiger partial charge in [0.2, 0.25) is 11.8 Å². The second-order valence-electron chi connectivity index (χ2n) is 11.8. The van der Waals surface area contributed by atoms with E-state index >= 15 is 0 Å². The predicted molar refractivity (Wildman–Crippen MR) is 148 cm³/mol. The van der Waals surface area contributed by atoms with Gasteiger partial charge in [-0.15, -0.1) is 0 Å². The van der Waals surface area contributed by atoms with Crippen molar-refractivity contribution in [2.45, 2.75) is 105 Å². The number of methoxy groups -OCH3 is 1. The fraction of sp³-hybridized carbons (Fsp3) is 0.655. The number of carbonyl (C=O) groups is 4. The summed E-state index contributed by atoms with van der Waals surface area (Å²) in [5, 5.41) is 5.39. The van der Waals surface area contributed by atoms with E-state index in [-0.39, 0.29) is 12.5 Å². The summed E-state index contributed by atoms with van der Waals surface area (Å²) in [5.74, 6) is -1.46. The SMILES string of the molecule is CCC(C)(C)N(C(=O)C(CC(C)C)NC(=O)OC(C)(C)C)C(C(=O)NCC(=O)OC)c1ccc(C)cc1C. The number of carbonyl (C=O) groups excluding carboxylic acids is 4. The first-order chi connectivity index (χ1) is 17.4. The van der Waals surface area contributed by atoms with Gasteiger partial charge in [0, 0.05) is 5.54 Å². The van der Waals surface area contributed by atoms with Crippen LogP contribution in [0.15, 0.2) is 18.2 Å². The highest BCUT2D eigenvalue weighted by Gasteiger charge is 2.43. The van der Waals surface area contributed by atoms with Crippen LogP contribution in [0, 0.1) is 19.8 Å². The number of alkyl carbamates (subject to hydrolysis) is 1. The number of nitrogens with one attached hydrogen (secondary N) is 2. The van der Waals surface area contributed by atoms with Crippen LogP contribution in [0.2, 0.25) is 0 Å². The lowest BCUT2D eigenvalue weighted by Crippen LogP contribution is -2.59. The Hall–Kier alpha value is -3.10. The standard InChI is InChI=1S/C29H47N3O6/c1-12-29(9,10)32(26(35)22(15-18(2)3)31-27(36)38-28(6,7)8)24(25(34)30-17-23(33)37-11)21-14-13-19(4)16-20(21)5/h13-14,16,18,22,24H,12,15,17H2,1-11H3,(H,30,34)(H,31,36). The molecule has 0 bridgehead atoms. The van der Waals surface area contributed by atoms with Gasteiger partial charge in [-0.3, -0.25) is 14.4 Å². The van der Waals surface area contributed by atoms with Gasteiger partial charge >= 0.3 is 12.1 Å². The van der Waals surface area contributed by atoms with Gasteiger partial charge < -0.3 is 25.0 Å². The van der Waals surface area contributed by atoms with Crippen LogP contribution in [0.5, 0.6) is 0 Å². The third-order valence-corrected chi connectivity index (χ3v) is 6.31. The maximum atomic E-state index is 14.4. The summed E-state index contributed by atoms with van der Waals surface area (Å²) in [5.41, 5.74) is 0.943. The second-order valence-corrected chi connectivity index (χ2v) is 11.8. The number of esters is 1. The molecule has 0 saturated carbocycles. The van der Waals surface area contributed by atoms with Gasteiger partial charge in [-0.2, -0.15) is 0 Å². The molecule has 38 heavy (non-hydrogen) atoms. The van der Waals surface area contributed by atoms with E-state index in [4.69, 9.17) is 9.47 Å². The molecule has 9 heteroatoms. The second kappa shape index (κ2) is 13.6. The Labute approximate surface area is 228 Å². The molecule has 3 amide bonds. The average Bonchev–Trinajstić information content (AvgIpc) is 2.78. The molecular formula is C29H47N3O6. The van der Waals surface area contributed by atoms with E-state index in [0.29, 0.717) is 18.4 Å². The molecule has 214 valence electrons. The lowest BCUT2D eigenvalue weighted by atomic mass is 9.89. The quantitative estimate of drug-likeness (QED) is 0.402. The highest BCUT2D eigenvalue weighted by Crippen LogP contribution is 2.34. The molecule has 9 nitrogen and oxygen atoms in total. The highest BCUT2D eigenvalue weighted by molar-refractivity contribution is 5.94. The van der Waals surface area contributed by atoms with Gasteiger partial charge in [0.25, 0.3) is 0 Å². The van der Waals surface area contributed by atoms with Crippen LogP contribution in [-0.4, -0.2) is 59.6 Å². The third kappa shape index (κ3) is 9.65. The van der Waals surface area contributed by atoms with Crippen LogP contribution in [0.1, 0.15) is 91.0 Å². The van der Waals surface area contributed by atoms with Crippen LogP contribution in [0.4, 0.5) is 4.79 Å². The number of hydrogen-bond donors (Lipinski definition) is 2. The number of aryl methyl sites for hydroxylation is 2. The van der Waals surface area contributed by atoms with Crippen molar-refractivity contribution in [1.82, 2.24) is 15.5 Å². The zero-order valence-electron chi connectivity index (χ0n) is 25.0. The normalized spacial score (nSPS) is 13.4. The summed E-state index contributed by atoms with van der Waals surface area (Å²) in [6.07, 6.45) is 0.173. The van der Waals surface area contributed by atoms with Gasteiger partial charge in [0.15, 0.2) is 0 Å². The predicted octanol–water partition coefficient (Wildman–Crippen LogP) is 4.59. The minimum absolute atomic E-state index is 0.0678. The van der Waals surface area contributed by atoms with E-state index in [1.165, 1.54) is 7.11 Å². The highest BCUT2D eigenvalue weighted by atomic mass is 16.6. The van der Waals surface area contributed by atoms with Gasteiger partial charge in [0.1, 0.15) is 24.2 Å². The lowest BCUT2D eigenvalue weighted by Gasteiger charge is -2.45. The summed E-state index contributed by atoms with van der Waals surface area (Å²) in [6.45, 7) is 18.4. The molecule has 0 aliphatic rings. The molecule has 2 atom stereocenters. The first-order valence-electron chi connectivity index (χ1n) is 13.2. The molecular weight excluding hydrogens is 486 g/mol. The Balaban J connectivity index is 3.70. The van der Waals surface area contributed by atoms with E-state index in [1.807, 2.05) is 66.7 Å². The van der Waals surface area contributed by atoms with Gasteiger partial charge in [-0.1, -0.05) is 44.5 Å². The molecule has 0 fully saturated rings. The molecule has 2 unspecified atom stereocenters. The first kappa shape index (κ1) is 32.9. The van der Waals surface area contributed by atoms with Gasteiger partial charge in [-0.25, -0.2) is 4.79 Å². The number of nitrogens with zero attached hydrogens (tertiary/aromatic N) is 1. The summed E-state index contributed by atoms with van der Waals surface area (Å²) in [7, 11) is 1.24. The Morgan fingerprint density at radius 1 is 1.03 bits per heavy atom. The fourth-order valence-corrected chi connectivity index (χ4v) is 4.11. The van der Waals surface area contributed by atoms with Gasteiger partial charge in [0.05, 0.1) is 7.11 Å². The van der Waals surface area contributed by atoms with Gasteiger partial charge in [-0.05, 0) is 78.4 Å². The Bertz CT molecular complexity index is 997. The Morgan fingerprint density at radius 3 is 2.11 bits per heavy atom. The van der Waals surface area contributed by atoms with Crippen LogP contribution in [0.25, 0.3) is 0 Å². The maximum absolute atomic E-state index is 14.4. The van der Waals surface area contributed by atoms with E-state index in [0.717, 1.165) is 11.1 Å². The summed E-state index contributed by atoms with van der Waals surface area (Å²) < 4.78 is 10.1. The zero-order valence-corrected chi connectivity index (χ0v) is 25.0. The largest absolute Gasteiger partial charge is 0.468 e. The van der Waals surface area contributed by atoms with Crippen molar-refractivity contribution in [3.05, 3.63) is 34.9 Å². The first-order valence-corrected chi connectivity index (χ1v) is 13.2. The van der Waals surface area contributed by atoms with E-state index in [9.17, 15) is 19.2 Å². The smallest absolute Gasteiger partial charge is 0.408 e. The number of hydrogen-bond acceptors (Lipinski definition) is 6. The summed E-state index contributed by atoms with van der Waals surface area (Å²) in [6, 6.07) is 3.67. The van der Waals surface area contributed by atoms with Crippen molar-refractivity contribution in [2.75, 3.05) is 13.7 Å². The number of ether oxygens (including phenoxy) is 2. The molecule has 1 rings (SSSR count). The Kier molecular flexibility index (Phi) is 11.8. The molecule has 0 saturated heterocycles. The monoisotopic (exact) mass is 533 g/mol. The van der Waals surface area contributed by atoms with Crippen LogP contribution in [0.3, 0.4) is 0 Å². The molecule has 0 aliphatic heterocycles. The average molecular weight is 534 g/mol. The van der Waals surface area contributed by atoms with Crippen molar-refractivity contribution in [3.8, 4) is 0 Å². The van der Waals surface area contributed by atoms with Crippen molar-refractivity contribution < 1.29 is 28.7 Å². The minimum Gasteiger partial charge on any atom is -0.468 e. The van der Waals surface area contributed by atoms with Crippen molar-refractivity contribution in [2.24, 2.45) is 5.92 Å². The number of rotatable bonds is 11. The molecule has 0 spiro atoms. The zero-order chi connectivity index (χ0) is 29.4. The lowest BCUT2D eigenvalue weighted by molar-refractivity contribution is -0.150. The fourth-order valence-electron chi connectivity index (χ4n) is 4.11. The van der Waals surface area contributed by atoms with E-state index in [2.05, 4.69) is 10.6 Å². The Morgan fingerprint density at radius 2 is 1.63 bits per heavy atom. The molecule has 0 radical (unpaired) electrons. The molecule has 1 aromatic carbocycles. The minimum atomic E-state index is -1.06. The third-order valence-electron chi connectivity index (χ3n) is 6.31. The topological polar surface area (TPSA) is 114 Å². The van der Waals surface area contributed by atoms with Crippen LogP contribution in [-0.2, 0) is 23.9 Å². The van der Waals surface area contributed by atoms with Crippen molar-refractivity contribution in [1.29, 1.82) is 0 Å². The molecule has 0 aromatic heterocycles. The van der Waals surface area contributed by atoms with Crippen LogP contribution < -0.4 is 10.6 Å².